The SMILES string of the molecule is CC1CCN(CCCCNC(=O)N2CCCN(c3ncccc3C#N)CC2)CC1. The Labute approximate surface area is 174 Å². The molecule has 29 heavy (non-hydrogen) atoms. The molecule has 0 aliphatic carbocycles. The van der Waals surface area contributed by atoms with E-state index in [0.717, 1.165) is 57.2 Å². The highest BCUT2D eigenvalue weighted by Crippen LogP contribution is 2.18. The molecular formula is C22H34N6O. The fourth-order valence-corrected chi connectivity index (χ4v) is 4.12. The highest BCUT2D eigenvalue weighted by atomic mass is 16.2. The molecule has 0 spiro atoms. The van der Waals surface area contributed by atoms with Gasteiger partial charge in [-0.15, -0.1) is 0 Å². The van der Waals surface area contributed by atoms with Crippen LogP contribution < -0.4 is 10.2 Å². The van der Waals surface area contributed by atoms with E-state index in [9.17, 15) is 10.1 Å². The number of urea groups is 1. The number of hydrogen-bond acceptors (Lipinski definition) is 5. The number of aromatic nitrogens is 1. The average molecular weight is 399 g/mol. The Morgan fingerprint density at radius 1 is 1.21 bits per heavy atom. The first-order valence-corrected chi connectivity index (χ1v) is 11.0. The fourth-order valence-electron chi connectivity index (χ4n) is 4.12. The van der Waals surface area contributed by atoms with Crippen LogP contribution in [-0.4, -0.2) is 73.2 Å². The largest absolute Gasteiger partial charge is 0.354 e. The lowest BCUT2D eigenvalue weighted by atomic mass is 9.99. The summed E-state index contributed by atoms with van der Waals surface area (Å²) in [7, 11) is 0. The van der Waals surface area contributed by atoms with E-state index in [4.69, 9.17) is 0 Å². The number of carbonyl (C=O) groups excluding carboxylic acids is 1. The molecular weight excluding hydrogens is 364 g/mol. The van der Waals surface area contributed by atoms with Crippen molar-refractivity contribution in [3.63, 3.8) is 0 Å². The minimum absolute atomic E-state index is 0.0279. The van der Waals surface area contributed by atoms with Gasteiger partial charge in [0, 0.05) is 38.9 Å². The highest BCUT2D eigenvalue weighted by molar-refractivity contribution is 5.74. The van der Waals surface area contributed by atoms with Crippen molar-refractivity contribution in [3.8, 4) is 6.07 Å². The Kier molecular flexibility index (Phi) is 8.12. The lowest BCUT2D eigenvalue weighted by molar-refractivity contribution is 0.188. The first kappa shape index (κ1) is 21.4. The minimum Gasteiger partial charge on any atom is -0.354 e. The van der Waals surface area contributed by atoms with Gasteiger partial charge in [-0.1, -0.05) is 6.92 Å². The maximum Gasteiger partial charge on any atom is 0.317 e. The third-order valence-corrected chi connectivity index (χ3v) is 6.04. The molecule has 0 unspecified atom stereocenters. The quantitative estimate of drug-likeness (QED) is 0.746. The zero-order chi connectivity index (χ0) is 20.5. The standard InChI is InChI=1S/C22H34N6O/c1-19-7-14-26(15-8-19)11-3-2-9-25-22(29)28-13-5-12-27(16-17-28)21-20(18-23)6-4-10-24-21/h4,6,10,19H,2-3,5,7-9,11-17H2,1H3,(H,25,29). The summed E-state index contributed by atoms with van der Waals surface area (Å²) in [6.07, 6.45) is 7.39. The molecule has 2 fully saturated rings. The van der Waals surface area contributed by atoms with Crippen LogP contribution >= 0.6 is 0 Å². The van der Waals surface area contributed by atoms with Gasteiger partial charge in [0.05, 0.1) is 5.56 Å². The molecule has 1 aromatic rings. The topological polar surface area (TPSA) is 75.5 Å². The summed E-state index contributed by atoms with van der Waals surface area (Å²) < 4.78 is 0. The number of amides is 2. The van der Waals surface area contributed by atoms with Gasteiger partial charge in [-0.05, 0) is 69.8 Å². The summed E-state index contributed by atoms with van der Waals surface area (Å²) in [6, 6.07) is 5.82. The van der Waals surface area contributed by atoms with E-state index in [1.807, 2.05) is 4.90 Å². The van der Waals surface area contributed by atoms with Crippen LogP contribution in [0.15, 0.2) is 18.3 Å². The molecule has 1 aromatic heterocycles. The molecule has 2 amide bonds. The smallest absolute Gasteiger partial charge is 0.317 e. The van der Waals surface area contributed by atoms with Crippen molar-refractivity contribution in [1.82, 2.24) is 20.1 Å². The number of unbranched alkanes of at least 4 members (excludes halogenated alkanes) is 1. The number of rotatable bonds is 6. The van der Waals surface area contributed by atoms with E-state index < -0.39 is 0 Å². The van der Waals surface area contributed by atoms with Gasteiger partial charge in [-0.2, -0.15) is 5.26 Å². The predicted octanol–water partition coefficient (Wildman–Crippen LogP) is 2.69. The van der Waals surface area contributed by atoms with Gasteiger partial charge in [0.15, 0.2) is 0 Å². The molecule has 0 saturated carbocycles. The average Bonchev–Trinajstić information content (AvgIpc) is 3.01. The molecule has 0 aromatic carbocycles. The number of pyridine rings is 1. The monoisotopic (exact) mass is 398 g/mol. The van der Waals surface area contributed by atoms with Crippen molar-refractivity contribution >= 4 is 11.8 Å². The van der Waals surface area contributed by atoms with Crippen LogP contribution in [0.25, 0.3) is 0 Å². The van der Waals surface area contributed by atoms with Crippen LogP contribution in [0.4, 0.5) is 10.6 Å². The van der Waals surface area contributed by atoms with E-state index in [0.29, 0.717) is 18.7 Å². The number of nitrogens with zero attached hydrogens (tertiary/aromatic N) is 5. The number of anilines is 1. The number of hydrogen-bond donors (Lipinski definition) is 1. The van der Waals surface area contributed by atoms with Gasteiger partial charge in [0.25, 0.3) is 0 Å². The first-order chi connectivity index (χ1) is 14.2. The van der Waals surface area contributed by atoms with Crippen LogP contribution in [0.3, 0.4) is 0 Å². The van der Waals surface area contributed by atoms with Crippen molar-refractivity contribution in [2.24, 2.45) is 5.92 Å². The van der Waals surface area contributed by atoms with E-state index in [1.54, 1.807) is 18.3 Å². The number of likely N-dealkylation sites (tertiary alicyclic amines) is 1. The van der Waals surface area contributed by atoms with Gasteiger partial charge in [0.1, 0.15) is 11.9 Å². The number of carbonyl (C=O) groups is 1. The second kappa shape index (κ2) is 11.0. The summed E-state index contributed by atoms with van der Waals surface area (Å²) in [5.74, 6) is 1.60. The van der Waals surface area contributed by atoms with Crippen LogP contribution in [0.1, 0.15) is 44.6 Å². The Balaban J connectivity index is 1.36. The second-order valence-corrected chi connectivity index (χ2v) is 8.28. The molecule has 7 nitrogen and oxygen atoms in total. The van der Waals surface area contributed by atoms with Crippen LogP contribution in [0, 0.1) is 17.2 Å². The zero-order valence-electron chi connectivity index (χ0n) is 17.6. The van der Waals surface area contributed by atoms with Crippen LogP contribution in [0.5, 0.6) is 0 Å². The van der Waals surface area contributed by atoms with Crippen LogP contribution in [-0.2, 0) is 0 Å². The molecule has 3 rings (SSSR count). The van der Waals surface area contributed by atoms with Gasteiger partial charge in [0.2, 0.25) is 0 Å². The maximum atomic E-state index is 12.5. The molecule has 7 heteroatoms. The van der Waals surface area contributed by atoms with Gasteiger partial charge >= 0.3 is 6.03 Å². The second-order valence-electron chi connectivity index (χ2n) is 8.28. The molecule has 2 aliphatic heterocycles. The Morgan fingerprint density at radius 3 is 2.83 bits per heavy atom. The number of nitrogens with one attached hydrogen (secondary N) is 1. The Bertz CT molecular complexity index is 695. The van der Waals surface area contributed by atoms with Gasteiger partial charge < -0.3 is 20.0 Å². The third kappa shape index (κ3) is 6.33. The molecule has 2 saturated heterocycles. The lowest BCUT2D eigenvalue weighted by Gasteiger charge is -2.30. The van der Waals surface area contributed by atoms with Crippen LogP contribution in [0.2, 0.25) is 0 Å². The van der Waals surface area contributed by atoms with Crippen molar-refractivity contribution in [3.05, 3.63) is 23.9 Å². The van der Waals surface area contributed by atoms with Crippen molar-refractivity contribution in [2.75, 3.05) is 57.3 Å². The van der Waals surface area contributed by atoms with E-state index >= 15 is 0 Å². The molecule has 0 radical (unpaired) electrons. The van der Waals surface area contributed by atoms with Gasteiger partial charge in [-0.3, -0.25) is 0 Å². The van der Waals surface area contributed by atoms with E-state index in [-0.39, 0.29) is 6.03 Å². The Morgan fingerprint density at radius 2 is 2.03 bits per heavy atom. The summed E-state index contributed by atoms with van der Waals surface area (Å²) >= 11 is 0. The molecule has 0 bridgehead atoms. The molecule has 2 aliphatic rings. The number of nitriles is 1. The summed E-state index contributed by atoms with van der Waals surface area (Å²) in [6.45, 7) is 9.57. The first-order valence-electron chi connectivity index (χ1n) is 11.0. The lowest BCUT2D eigenvalue weighted by Crippen LogP contribution is -2.42. The third-order valence-electron chi connectivity index (χ3n) is 6.04. The van der Waals surface area contributed by atoms with Crippen molar-refractivity contribution in [2.45, 2.75) is 39.0 Å². The fraction of sp³-hybridized carbons (Fsp3) is 0.682. The molecule has 158 valence electrons. The predicted molar refractivity (Wildman–Crippen MR) is 115 cm³/mol. The zero-order valence-corrected chi connectivity index (χ0v) is 17.6. The maximum absolute atomic E-state index is 12.5. The summed E-state index contributed by atoms with van der Waals surface area (Å²) in [4.78, 5) is 23.5. The minimum atomic E-state index is 0.0279. The summed E-state index contributed by atoms with van der Waals surface area (Å²) in [5, 5.41) is 12.4. The normalized spacial score (nSPS) is 18.9. The van der Waals surface area contributed by atoms with E-state index in [2.05, 4.69) is 33.1 Å². The molecule has 3 heterocycles. The number of piperidine rings is 1. The van der Waals surface area contributed by atoms with Gasteiger partial charge in [-0.25, -0.2) is 9.78 Å². The van der Waals surface area contributed by atoms with Crippen molar-refractivity contribution in [1.29, 1.82) is 5.26 Å². The van der Waals surface area contributed by atoms with E-state index in [1.165, 1.54) is 25.9 Å². The van der Waals surface area contributed by atoms with Crippen molar-refractivity contribution < 1.29 is 4.79 Å². The summed E-state index contributed by atoms with van der Waals surface area (Å²) in [5.41, 5.74) is 0.591. The highest BCUT2D eigenvalue weighted by Gasteiger charge is 2.21. The molecule has 0 atom stereocenters. The molecule has 1 N–H and O–H groups in total. The Hall–Kier alpha value is -2.33.